The van der Waals surface area contributed by atoms with E-state index >= 15 is 0 Å². The molecule has 0 atom stereocenters. The number of hydrogen-bond acceptors (Lipinski definition) is 3. The third-order valence-corrected chi connectivity index (χ3v) is 4.92. The Morgan fingerprint density at radius 3 is 2.39 bits per heavy atom. The molecule has 18 heavy (non-hydrogen) atoms. The fourth-order valence-corrected chi connectivity index (χ4v) is 3.87. The Morgan fingerprint density at radius 2 is 1.94 bits per heavy atom. The van der Waals surface area contributed by atoms with E-state index in [1.54, 1.807) is 6.07 Å². The highest BCUT2D eigenvalue weighted by atomic mass is 35.5. The summed E-state index contributed by atoms with van der Waals surface area (Å²) in [6, 6.07) is 2.95. The van der Waals surface area contributed by atoms with E-state index in [-0.39, 0.29) is 22.0 Å². The molecule has 6 heteroatoms. The Labute approximate surface area is 114 Å². The molecular formula is C12H19ClN2O2S. The second-order valence-electron chi connectivity index (χ2n) is 4.85. The van der Waals surface area contributed by atoms with Crippen LogP contribution in [0.25, 0.3) is 0 Å². The average Bonchev–Trinajstić information content (AvgIpc) is 2.25. The van der Waals surface area contributed by atoms with Crippen LogP contribution in [0, 0.1) is 5.92 Å². The molecule has 0 amide bonds. The van der Waals surface area contributed by atoms with Crippen molar-refractivity contribution in [3.63, 3.8) is 0 Å². The van der Waals surface area contributed by atoms with Gasteiger partial charge >= 0.3 is 0 Å². The summed E-state index contributed by atoms with van der Waals surface area (Å²) in [5.74, 6) is 0.248. The van der Waals surface area contributed by atoms with Crippen molar-refractivity contribution >= 4 is 21.6 Å². The van der Waals surface area contributed by atoms with Gasteiger partial charge in [0, 0.05) is 18.8 Å². The first-order valence-electron chi connectivity index (χ1n) is 5.89. The minimum absolute atomic E-state index is 0.0203. The van der Waals surface area contributed by atoms with E-state index < -0.39 is 10.0 Å². The van der Waals surface area contributed by atoms with Crippen molar-refractivity contribution in [2.24, 2.45) is 5.92 Å². The Hall–Kier alpha value is -0.650. The van der Waals surface area contributed by atoms with Gasteiger partial charge in [-0.15, -0.1) is 0 Å². The highest BCUT2D eigenvalue weighted by molar-refractivity contribution is 7.89. The molecule has 0 radical (unpaired) electrons. The fourth-order valence-electron chi connectivity index (χ4n) is 1.64. The highest BCUT2D eigenvalue weighted by Gasteiger charge is 2.29. The Bertz CT molecular complexity index is 501. The van der Waals surface area contributed by atoms with Gasteiger partial charge < -0.3 is 0 Å². The number of aromatic nitrogens is 1. The van der Waals surface area contributed by atoms with Crippen molar-refractivity contribution in [2.45, 2.75) is 38.6 Å². The predicted molar refractivity (Wildman–Crippen MR) is 73.1 cm³/mol. The topological polar surface area (TPSA) is 50.3 Å². The zero-order chi connectivity index (χ0) is 13.9. The monoisotopic (exact) mass is 290 g/mol. The summed E-state index contributed by atoms with van der Waals surface area (Å²) in [4.78, 5) is 3.90. The molecule has 0 unspecified atom stereocenters. The number of rotatable bonds is 5. The summed E-state index contributed by atoms with van der Waals surface area (Å²) < 4.78 is 26.5. The number of hydrogen-bond donors (Lipinski definition) is 0. The van der Waals surface area contributed by atoms with Crippen molar-refractivity contribution in [1.29, 1.82) is 0 Å². The van der Waals surface area contributed by atoms with Gasteiger partial charge in [0.2, 0.25) is 10.0 Å². The largest absolute Gasteiger partial charge is 0.246 e. The van der Waals surface area contributed by atoms with Gasteiger partial charge in [-0.25, -0.2) is 13.4 Å². The third kappa shape index (κ3) is 3.43. The first-order valence-corrected chi connectivity index (χ1v) is 7.71. The first kappa shape index (κ1) is 15.4. The molecule has 0 aliphatic rings. The van der Waals surface area contributed by atoms with E-state index in [0.29, 0.717) is 6.54 Å². The Balaban J connectivity index is 3.22. The van der Waals surface area contributed by atoms with Crippen LogP contribution in [0.5, 0.6) is 0 Å². The summed E-state index contributed by atoms with van der Waals surface area (Å²) in [5.41, 5.74) is 0. The minimum atomic E-state index is -3.59. The van der Waals surface area contributed by atoms with Gasteiger partial charge in [-0.2, -0.15) is 4.31 Å². The fraction of sp³-hybridized carbons (Fsp3) is 0.583. The van der Waals surface area contributed by atoms with Crippen molar-refractivity contribution < 1.29 is 8.42 Å². The average molecular weight is 291 g/mol. The molecule has 0 N–H and O–H groups in total. The standard InChI is InChI=1S/C12H19ClN2O2S/c1-9(2)8-15(10(3)4)18(16,17)11-6-5-7-14-12(11)13/h5-7,9-10H,8H2,1-4H3. The van der Waals surface area contributed by atoms with E-state index in [4.69, 9.17) is 11.6 Å². The Morgan fingerprint density at radius 1 is 1.33 bits per heavy atom. The maximum atomic E-state index is 12.5. The van der Waals surface area contributed by atoms with Crippen molar-refractivity contribution in [2.75, 3.05) is 6.54 Å². The molecule has 1 aromatic heterocycles. The molecule has 1 rings (SSSR count). The number of pyridine rings is 1. The van der Waals surface area contributed by atoms with Crippen LogP contribution < -0.4 is 0 Å². The van der Waals surface area contributed by atoms with Crippen LogP contribution in [0.15, 0.2) is 23.2 Å². The summed E-state index contributed by atoms with van der Waals surface area (Å²) in [5, 5.41) is 0.0203. The third-order valence-electron chi connectivity index (χ3n) is 2.43. The zero-order valence-corrected chi connectivity index (χ0v) is 12.7. The van der Waals surface area contributed by atoms with Crippen LogP contribution in [-0.2, 0) is 10.0 Å². The van der Waals surface area contributed by atoms with Gasteiger partial charge in [0.05, 0.1) is 0 Å². The number of halogens is 1. The Kier molecular flexibility index (Phi) is 5.13. The van der Waals surface area contributed by atoms with Gasteiger partial charge in [0.1, 0.15) is 10.0 Å². The lowest BCUT2D eigenvalue weighted by atomic mass is 10.2. The van der Waals surface area contributed by atoms with Gasteiger partial charge in [0.25, 0.3) is 0 Å². The van der Waals surface area contributed by atoms with E-state index in [9.17, 15) is 8.42 Å². The van der Waals surface area contributed by atoms with Crippen LogP contribution in [0.1, 0.15) is 27.7 Å². The quantitative estimate of drug-likeness (QED) is 0.784. The molecule has 4 nitrogen and oxygen atoms in total. The molecule has 1 aromatic rings. The van der Waals surface area contributed by atoms with Crippen LogP contribution in [0.2, 0.25) is 5.15 Å². The molecule has 0 aliphatic carbocycles. The second kappa shape index (κ2) is 5.99. The van der Waals surface area contributed by atoms with E-state index in [1.807, 2.05) is 27.7 Å². The number of sulfonamides is 1. The van der Waals surface area contributed by atoms with Crippen molar-refractivity contribution in [3.05, 3.63) is 23.5 Å². The van der Waals surface area contributed by atoms with Crippen LogP contribution in [0.3, 0.4) is 0 Å². The molecule has 0 aliphatic heterocycles. The lowest BCUT2D eigenvalue weighted by molar-refractivity contribution is 0.319. The smallest absolute Gasteiger partial charge is 0.243 e. The summed E-state index contributed by atoms with van der Waals surface area (Å²) in [7, 11) is -3.59. The minimum Gasteiger partial charge on any atom is -0.243 e. The van der Waals surface area contributed by atoms with Gasteiger partial charge in [-0.3, -0.25) is 0 Å². The van der Waals surface area contributed by atoms with E-state index in [0.717, 1.165) is 0 Å². The zero-order valence-electron chi connectivity index (χ0n) is 11.1. The molecule has 0 bridgehead atoms. The molecular weight excluding hydrogens is 272 g/mol. The summed E-state index contributed by atoms with van der Waals surface area (Å²) in [6.45, 7) is 8.13. The van der Waals surface area contributed by atoms with Crippen LogP contribution >= 0.6 is 11.6 Å². The normalized spacial score (nSPS) is 12.7. The summed E-state index contributed by atoms with van der Waals surface area (Å²) in [6.07, 6.45) is 1.48. The van der Waals surface area contributed by atoms with Crippen LogP contribution in [0.4, 0.5) is 0 Å². The predicted octanol–water partition coefficient (Wildman–Crippen LogP) is 2.79. The first-order chi connectivity index (χ1) is 8.26. The highest BCUT2D eigenvalue weighted by Crippen LogP contribution is 2.24. The van der Waals surface area contributed by atoms with E-state index in [1.165, 1.54) is 16.6 Å². The molecule has 0 saturated carbocycles. The van der Waals surface area contributed by atoms with Gasteiger partial charge in [-0.05, 0) is 31.9 Å². The molecule has 0 fully saturated rings. The maximum Gasteiger partial charge on any atom is 0.246 e. The molecule has 0 spiro atoms. The lowest BCUT2D eigenvalue weighted by Crippen LogP contribution is -2.39. The molecule has 0 aromatic carbocycles. The SMILES string of the molecule is CC(C)CN(C(C)C)S(=O)(=O)c1cccnc1Cl. The lowest BCUT2D eigenvalue weighted by Gasteiger charge is -2.27. The molecule has 102 valence electrons. The van der Waals surface area contributed by atoms with Gasteiger partial charge in [0.15, 0.2) is 0 Å². The maximum absolute atomic E-state index is 12.5. The molecule has 1 heterocycles. The van der Waals surface area contributed by atoms with Crippen LogP contribution in [-0.4, -0.2) is 30.3 Å². The van der Waals surface area contributed by atoms with E-state index in [2.05, 4.69) is 4.98 Å². The molecule has 0 saturated heterocycles. The van der Waals surface area contributed by atoms with Gasteiger partial charge in [-0.1, -0.05) is 25.4 Å². The summed E-state index contributed by atoms with van der Waals surface area (Å²) >= 11 is 5.88. The van der Waals surface area contributed by atoms with Crippen molar-refractivity contribution in [3.8, 4) is 0 Å². The number of nitrogens with zero attached hydrogens (tertiary/aromatic N) is 2. The second-order valence-corrected chi connectivity index (χ2v) is 7.07. The van der Waals surface area contributed by atoms with Crippen molar-refractivity contribution in [1.82, 2.24) is 9.29 Å².